The Morgan fingerprint density at radius 3 is 2.31 bits per heavy atom. The maximum absolute atomic E-state index is 10.6. The Bertz CT molecular complexity index is 155. The molecule has 0 heterocycles. The first-order valence-corrected chi connectivity index (χ1v) is 5.03. The van der Waals surface area contributed by atoms with E-state index in [0.717, 1.165) is 12.8 Å². The van der Waals surface area contributed by atoms with Crippen LogP contribution in [0.25, 0.3) is 0 Å². The number of nitrogens with two attached hydrogens (primary N) is 1. The lowest BCUT2D eigenvalue weighted by atomic mass is 9.95. The summed E-state index contributed by atoms with van der Waals surface area (Å²) in [5, 5.41) is 8.72. The molecule has 0 aliphatic carbocycles. The first-order chi connectivity index (χ1) is 6.00. The van der Waals surface area contributed by atoms with Gasteiger partial charge < -0.3 is 10.8 Å². The summed E-state index contributed by atoms with van der Waals surface area (Å²) in [6, 6.07) is 0. The molecular weight excluding hydrogens is 166 g/mol. The van der Waals surface area contributed by atoms with Crippen LogP contribution in [0.5, 0.6) is 0 Å². The highest BCUT2D eigenvalue weighted by molar-refractivity contribution is 5.77. The van der Waals surface area contributed by atoms with Crippen molar-refractivity contribution in [1.29, 1.82) is 0 Å². The van der Waals surface area contributed by atoms with Crippen LogP contribution in [-0.4, -0.2) is 16.6 Å². The first-order valence-electron chi connectivity index (χ1n) is 5.03. The second-order valence-corrected chi connectivity index (χ2v) is 3.89. The molecule has 3 heteroatoms. The third kappa shape index (κ3) is 5.64. The van der Waals surface area contributed by atoms with E-state index in [2.05, 4.69) is 6.92 Å². The van der Waals surface area contributed by atoms with Crippen molar-refractivity contribution in [2.24, 2.45) is 5.73 Å². The van der Waals surface area contributed by atoms with Crippen LogP contribution < -0.4 is 5.73 Å². The molecule has 0 saturated heterocycles. The summed E-state index contributed by atoms with van der Waals surface area (Å²) in [6.07, 6.45) is 6.21. The fourth-order valence-electron chi connectivity index (χ4n) is 1.20. The number of rotatable bonds is 7. The molecule has 0 aromatic rings. The van der Waals surface area contributed by atoms with E-state index in [-0.39, 0.29) is 0 Å². The fourth-order valence-corrected chi connectivity index (χ4v) is 1.20. The van der Waals surface area contributed by atoms with Crippen LogP contribution in [0.1, 0.15) is 52.4 Å². The highest BCUT2D eigenvalue weighted by atomic mass is 16.4. The van der Waals surface area contributed by atoms with Gasteiger partial charge in [-0.25, -0.2) is 0 Å². The van der Waals surface area contributed by atoms with Gasteiger partial charge in [-0.05, 0) is 13.3 Å². The van der Waals surface area contributed by atoms with Gasteiger partial charge in [0.1, 0.15) is 5.54 Å². The van der Waals surface area contributed by atoms with Gasteiger partial charge >= 0.3 is 5.97 Å². The molecule has 1 atom stereocenters. The molecule has 0 aromatic heterocycles. The minimum Gasteiger partial charge on any atom is -0.480 e. The third-order valence-corrected chi connectivity index (χ3v) is 2.29. The molecule has 0 aliphatic heterocycles. The Hall–Kier alpha value is -0.570. The summed E-state index contributed by atoms with van der Waals surface area (Å²) in [5.41, 5.74) is 4.54. The van der Waals surface area contributed by atoms with E-state index in [1.165, 1.54) is 19.3 Å². The zero-order chi connectivity index (χ0) is 10.3. The van der Waals surface area contributed by atoms with Gasteiger partial charge in [-0.1, -0.05) is 39.0 Å². The minimum atomic E-state index is -1.04. The Kier molecular flexibility index (Phi) is 5.71. The van der Waals surface area contributed by atoms with Crippen molar-refractivity contribution in [1.82, 2.24) is 0 Å². The Labute approximate surface area is 80.3 Å². The van der Waals surface area contributed by atoms with E-state index in [4.69, 9.17) is 10.8 Å². The lowest BCUT2D eigenvalue weighted by Gasteiger charge is -2.18. The second-order valence-electron chi connectivity index (χ2n) is 3.89. The molecular formula is C10H21NO2. The first kappa shape index (κ1) is 12.4. The summed E-state index contributed by atoms with van der Waals surface area (Å²) in [7, 11) is 0. The molecule has 0 radical (unpaired) electrons. The van der Waals surface area contributed by atoms with Crippen LogP contribution in [0.4, 0.5) is 0 Å². The van der Waals surface area contributed by atoms with Crippen LogP contribution in [-0.2, 0) is 4.79 Å². The number of unbranched alkanes of at least 4 members (excludes halogenated alkanes) is 4. The van der Waals surface area contributed by atoms with Crippen molar-refractivity contribution in [3.8, 4) is 0 Å². The zero-order valence-corrected chi connectivity index (χ0v) is 8.68. The van der Waals surface area contributed by atoms with Crippen LogP contribution in [0.2, 0.25) is 0 Å². The molecule has 3 N–H and O–H groups in total. The molecule has 0 saturated carbocycles. The number of aliphatic carboxylic acids is 1. The highest BCUT2D eigenvalue weighted by Crippen LogP contribution is 2.13. The molecule has 78 valence electrons. The van der Waals surface area contributed by atoms with Gasteiger partial charge in [0, 0.05) is 0 Å². The summed E-state index contributed by atoms with van der Waals surface area (Å²) >= 11 is 0. The molecule has 3 nitrogen and oxygen atoms in total. The van der Waals surface area contributed by atoms with Crippen LogP contribution in [0.15, 0.2) is 0 Å². The predicted molar refractivity (Wildman–Crippen MR) is 53.6 cm³/mol. The van der Waals surface area contributed by atoms with E-state index in [9.17, 15) is 4.79 Å². The fraction of sp³-hybridized carbons (Fsp3) is 0.900. The van der Waals surface area contributed by atoms with Gasteiger partial charge in [-0.15, -0.1) is 0 Å². The summed E-state index contributed by atoms with van der Waals surface area (Å²) in [6.45, 7) is 3.74. The average molecular weight is 187 g/mol. The van der Waals surface area contributed by atoms with Crippen molar-refractivity contribution in [3.63, 3.8) is 0 Å². The van der Waals surface area contributed by atoms with Crippen molar-refractivity contribution in [3.05, 3.63) is 0 Å². The Balaban J connectivity index is 3.46. The van der Waals surface area contributed by atoms with E-state index in [1.54, 1.807) is 6.92 Å². The molecule has 0 aromatic carbocycles. The van der Waals surface area contributed by atoms with Crippen molar-refractivity contribution < 1.29 is 9.90 Å². The number of hydrogen-bond acceptors (Lipinski definition) is 2. The molecule has 0 rings (SSSR count). The van der Waals surface area contributed by atoms with Crippen LogP contribution in [0, 0.1) is 0 Å². The molecule has 0 bridgehead atoms. The lowest BCUT2D eigenvalue weighted by Crippen LogP contribution is -2.44. The SMILES string of the molecule is CCCCCCC[C@](C)(N)C(=O)O. The normalized spacial score (nSPS) is 15.3. The second kappa shape index (κ2) is 5.97. The van der Waals surface area contributed by atoms with Crippen molar-refractivity contribution >= 4 is 5.97 Å². The van der Waals surface area contributed by atoms with Crippen molar-refractivity contribution in [2.45, 2.75) is 57.9 Å². The smallest absolute Gasteiger partial charge is 0.323 e. The van der Waals surface area contributed by atoms with Crippen molar-refractivity contribution in [2.75, 3.05) is 0 Å². The predicted octanol–water partition coefficient (Wildman–Crippen LogP) is 2.15. The molecule has 0 unspecified atom stereocenters. The topological polar surface area (TPSA) is 63.3 Å². The van der Waals surface area contributed by atoms with Gasteiger partial charge in [0.15, 0.2) is 0 Å². The molecule has 0 aliphatic rings. The largest absolute Gasteiger partial charge is 0.480 e. The van der Waals surface area contributed by atoms with Gasteiger partial charge in [0.05, 0.1) is 0 Å². The van der Waals surface area contributed by atoms with Gasteiger partial charge in [-0.3, -0.25) is 4.79 Å². The molecule has 0 fully saturated rings. The highest BCUT2D eigenvalue weighted by Gasteiger charge is 2.26. The monoisotopic (exact) mass is 187 g/mol. The Morgan fingerprint density at radius 1 is 1.31 bits per heavy atom. The minimum absolute atomic E-state index is 0.575. The van der Waals surface area contributed by atoms with E-state index < -0.39 is 11.5 Å². The van der Waals surface area contributed by atoms with E-state index in [0.29, 0.717) is 6.42 Å². The zero-order valence-electron chi connectivity index (χ0n) is 8.68. The van der Waals surface area contributed by atoms with Gasteiger partial charge in [0.2, 0.25) is 0 Å². The van der Waals surface area contributed by atoms with Gasteiger partial charge in [0.25, 0.3) is 0 Å². The number of carbonyl (C=O) groups is 1. The quantitative estimate of drug-likeness (QED) is 0.600. The summed E-state index contributed by atoms with van der Waals surface area (Å²) in [5.74, 6) is -0.900. The molecule has 13 heavy (non-hydrogen) atoms. The van der Waals surface area contributed by atoms with Gasteiger partial charge in [-0.2, -0.15) is 0 Å². The van der Waals surface area contributed by atoms with Crippen LogP contribution in [0.3, 0.4) is 0 Å². The standard InChI is InChI=1S/C10H21NO2/c1-3-4-5-6-7-8-10(2,11)9(12)13/h3-8,11H2,1-2H3,(H,12,13)/t10-/m0/s1. The lowest BCUT2D eigenvalue weighted by molar-refractivity contribution is -0.142. The number of carboxylic acids is 1. The molecule has 0 amide bonds. The van der Waals surface area contributed by atoms with E-state index in [1.807, 2.05) is 0 Å². The molecule has 0 spiro atoms. The maximum atomic E-state index is 10.6. The Morgan fingerprint density at radius 2 is 1.85 bits per heavy atom. The summed E-state index contributed by atoms with van der Waals surface area (Å²) < 4.78 is 0. The maximum Gasteiger partial charge on any atom is 0.323 e. The third-order valence-electron chi connectivity index (χ3n) is 2.29. The average Bonchev–Trinajstić information content (AvgIpc) is 2.03. The van der Waals surface area contributed by atoms with Crippen LogP contribution >= 0.6 is 0 Å². The summed E-state index contributed by atoms with van der Waals surface area (Å²) in [4.78, 5) is 10.6. The number of carboxylic acid groups (broad SMARTS) is 1. The number of hydrogen-bond donors (Lipinski definition) is 2. The van der Waals surface area contributed by atoms with E-state index >= 15 is 0 Å².